The van der Waals surface area contributed by atoms with E-state index < -0.39 is 0 Å². The van der Waals surface area contributed by atoms with E-state index in [1.54, 1.807) is 0 Å². The van der Waals surface area contributed by atoms with E-state index in [1.165, 1.54) is 17.5 Å². The van der Waals surface area contributed by atoms with Crippen molar-refractivity contribution >= 4 is 0 Å². The molecule has 0 radical (unpaired) electrons. The molecule has 1 aliphatic rings. The third-order valence-electron chi connectivity index (χ3n) is 3.73. The largest absolute Gasteiger partial charge is 0.489 e. The van der Waals surface area contributed by atoms with Crippen LogP contribution < -0.4 is 10.1 Å². The van der Waals surface area contributed by atoms with Crippen LogP contribution in [0.25, 0.3) is 0 Å². The Morgan fingerprint density at radius 3 is 2.40 bits per heavy atom. The lowest BCUT2D eigenvalue weighted by atomic mass is 10.1. The molecule has 0 saturated carbocycles. The standard InChI is InChI=1S/C18H21NO/c1-2-5-15(6-3-1)13-16-8-10-17(11-9-16)20-18-7-4-12-19-14-18/h1-3,5-6,8-11,18-19H,4,7,12-14H2/t18-/m1/s1. The Labute approximate surface area is 120 Å². The van der Waals surface area contributed by atoms with Gasteiger partial charge in [-0.15, -0.1) is 0 Å². The smallest absolute Gasteiger partial charge is 0.119 e. The van der Waals surface area contributed by atoms with Crippen molar-refractivity contribution in [3.8, 4) is 5.75 Å². The summed E-state index contributed by atoms with van der Waals surface area (Å²) in [7, 11) is 0. The molecule has 1 atom stereocenters. The van der Waals surface area contributed by atoms with Gasteiger partial charge in [-0.2, -0.15) is 0 Å². The van der Waals surface area contributed by atoms with Crippen LogP contribution in [0.1, 0.15) is 24.0 Å². The van der Waals surface area contributed by atoms with E-state index in [-0.39, 0.29) is 0 Å². The van der Waals surface area contributed by atoms with Crippen LogP contribution in [-0.4, -0.2) is 19.2 Å². The molecule has 1 heterocycles. The van der Waals surface area contributed by atoms with E-state index in [0.29, 0.717) is 6.10 Å². The van der Waals surface area contributed by atoms with Crippen molar-refractivity contribution in [2.45, 2.75) is 25.4 Å². The summed E-state index contributed by atoms with van der Waals surface area (Å²) in [5.41, 5.74) is 2.67. The molecule has 20 heavy (non-hydrogen) atoms. The number of ether oxygens (including phenoxy) is 1. The minimum atomic E-state index is 0.323. The minimum absolute atomic E-state index is 0.323. The molecule has 0 spiro atoms. The Kier molecular flexibility index (Phi) is 4.34. The van der Waals surface area contributed by atoms with Gasteiger partial charge in [-0.05, 0) is 49.1 Å². The lowest BCUT2D eigenvalue weighted by Crippen LogP contribution is -2.37. The second-order valence-corrected chi connectivity index (χ2v) is 5.39. The first-order chi connectivity index (χ1) is 9.90. The molecule has 0 unspecified atom stereocenters. The second-order valence-electron chi connectivity index (χ2n) is 5.39. The molecule has 2 aromatic carbocycles. The summed E-state index contributed by atoms with van der Waals surface area (Å²) in [6.45, 7) is 2.08. The molecule has 0 bridgehead atoms. The van der Waals surface area contributed by atoms with Gasteiger partial charge in [0.05, 0.1) is 0 Å². The normalized spacial score (nSPS) is 18.7. The van der Waals surface area contributed by atoms with Crippen LogP contribution in [0.5, 0.6) is 5.75 Å². The van der Waals surface area contributed by atoms with E-state index in [9.17, 15) is 0 Å². The molecule has 0 aromatic heterocycles. The molecule has 0 aliphatic carbocycles. The Morgan fingerprint density at radius 2 is 1.70 bits per heavy atom. The number of benzene rings is 2. The summed E-state index contributed by atoms with van der Waals surface area (Å²) in [5, 5.41) is 3.37. The summed E-state index contributed by atoms with van der Waals surface area (Å²) in [6.07, 6.45) is 3.66. The van der Waals surface area contributed by atoms with Crippen LogP contribution in [0.2, 0.25) is 0 Å². The van der Waals surface area contributed by atoms with Crippen LogP contribution in [0.4, 0.5) is 0 Å². The Bertz CT molecular complexity index is 515. The number of rotatable bonds is 4. The van der Waals surface area contributed by atoms with Gasteiger partial charge in [-0.25, -0.2) is 0 Å². The average Bonchev–Trinajstić information content (AvgIpc) is 2.51. The molecule has 1 N–H and O–H groups in total. The minimum Gasteiger partial charge on any atom is -0.489 e. The van der Waals surface area contributed by atoms with E-state index >= 15 is 0 Å². The molecule has 3 rings (SSSR count). The summed E-state index contributed by atoms with van der Waals surface area (Å²) < 4.78 is 6.00. The summed E-state index contributed by atoms with van der Waals surface area (Å²) in [5.74, 6) is 0.982. The number of piperidine rings is 1. The molecule has 1 fully saturated rings. The van der Waals surface area contributed by atoms with E-state index in [2.05, 4.69) is 59.9 Å². The molecular weight excluding hydrogens is 246 g/mol. The van der Waals surface area contributed by atoms with Crippen molar-refractivity contribution in [3.63, 3.8) is 0 Å². The van der Waals surface area contributed by atoms with Crippen LogP contribution in [0, 0.1) is 0 Å². The molecule has 0 amide bonds. The number of nitrogens with one attached hydrogen (secondary N) is 1. The van der Waals surface area contributed by atoms with Crippen LogP contribution in [-0.2, 0) is 6.42 Å². The van der Waals surface area contributed by atoms with Gasteiger partial charge < -0.3 is 10.1 Å². The fraction of sp³-hybridized carbons (Fsp3) is 0.333. The molecular formula is C18H21NO. The van der Waals surface area contributed by atoms with E-state index in [0.717, 1.165) is 31.7 Å². The van der Waals surface area contributed by atoms with Crippen molar-refractivity contribution in [2.24, 2.45) is 0 Å². The highest BCUT2D eigenvalue weighted by molar-refractivity contribution is 5.31. The van der Waals surface area contributed by atoms with Crippen molar-refractivity contribution < 1.29 is 4.74 Å². The van der Waals surface area contributed by atoms with Crippen molar-refractivity contribution in [3.05, 3.63) is 65.7 Å². The highest BCUT2D eigenvalue weighted by Crippen LogP contribution is 2.18. The quantitative estimate of drug-likeness (QED) is 0.916. The van der Waals surface area contributed by atoms with Gasteiger partial charge in [0.15, 0.2) is 0 Å². The fourth-order valence-electron chi connectivity index (χ4n) is 2.63. The highest BCUT2D eigenvalue weighted by Gasteiger charge is 2.13. The first kappa shape index (κ1) is 13.2. The monoisotopic (exact) mass is 267 g/mol. The van der Waals surface area contributed by atoms with Crippen LogP contribution >= 0.6 is 0 Å². The van der Waals surface area contributed by atoms with Gasteiger partial charge >= 0.3 is 0 Å². The van der Waals surface area contributed by atoms with Crippen molar-refractivity contribution in [1.82, 2.24) is 5.32 Å². The molecule has 1 aliphatic heterocycles. The highest BCUT2D eigenvalue weighted by atomic mass is 16.5. The Hall–Kier alpha value is -1.80. The first-order valence-electron chi connectivity index (χ1n) is 7.40. The predicted molar refractivity (Wildman–Crippen MR) is 82.2 cm³/mol. The average molecular weight is 267 g/mol. The molecule has 1 saturated heterocycles. The Morgan fingerprint density at radius 1 is 0.950 bits per heavy atom. The number of hydrogen-bond donors (Lipinski definition) is 1. The molecule has 104 valence electrons. The molecule has 2 heteroatoms. The number of hydrogen-bond acceptors (Lipinski definition) is 2. The van der Waals surface area contributed by atoms with Gasteiger partial charge in [-0.1, -0.05) is 42.5 Å². The zero-order valence-corrected chi connectivity index (χ0v) is 11.7. The van der Waals surface area contributed by atoms with Crippen LogP contribution in [0.15, 0.2) is 54.6 Å². The lowest BCUT2D eigenvalue weighted by molar-refractivity contribution is 0.167. The van der Waals surface area contributed by atoms with E-state index in [1.807, 2.05) is 0 Å². The van der Waals surface area contributed by atoms with Gasteiger partial charge in [0.2, 0.25) is 0 Å². The van der Waals surface area contributed by atoms with E-state index in [4.69, 9.17) is 4.74 Å². The van der Waals surface area contributed by atoms with Gasteiger partial charge in [-0.3, -0.25) is 0 Å². The summed E-state index contributed by atoms with van der Waals surface area (Å²) in [4.78, 5) is 0. The maximum absolute atomic E-state index is 6.00. The lowest BCUT2D eigenvalue weighted by Gasteiger charge is -2.24. The third-order valence-corrected chi connectivity index (χ3v) is 3.73. The van der Waals surface area contributed by atoms with Crippen LogP contribution in [0.3, 0.4) is 0 Å². The molecule has 2 aromatic rings. The zero-order chi connectivity index (χ0) is 13.6. The fourth-order valence-corrected chi connectivity index (χ4v) is 2.63. The topological polar surface area (TPSA) is 21.3 Å². The van der Waals surface area contributed by atoms with Crippen molar-refractivity contribution in [2.75, 3.05) is 13.1 Å². The van der Waals surface area contributed by atoms with Gasteiger partial charge in [0, 0.05) is 6.54 Å². The first-order valence-corrected chi connectivity index (χ1v) is 7.40. The summed E-state index contributed by atoms with van der Waals surface area (Å²) >= 11 is 0. The van der Waals surface area contributed by atoms with Crippen molar-refractivity contribution in [1.29, 1.82) is 0 Å². The molecule has 2 nitrogen and oxygen atoms in total. The SMILES string of the molecule is c1ccc(Cc2ccc(O[C@@H]3CCCNC3)cc2)cc1. The maximum Gasteiger partial charge on any atom is 0.119 e. The maximum atomic E-state index is 6.00. The van der Waals surface area contributed by atoms with Gasteiger partial charge in [0.1, 0.15) is 11.9 Å². The van der Waals surface area contributed by atoms with Gasteiger partial charge in [0.25, 0.3) is 0 Å². The summed E-state index contributed by atoms with van der Waals surface area (Å²) in [6, 6.07) is 19.1. The third kappa shape index (κ3) is 3.61. The zero-order valence-electron chi connectivity index (χ0n) is 11.7. The predicted octanol–water partition coefficient (Wildman–Crippen LogP) is 3.41. The Balaban J connectivity index is 1.59. The second kappa shape index (κ2) is 6.58.